The van der Waals surface area contributed by atoms with Gasteiger partial charge < -0.3 is 14.5 Å². The number of hydrogen-bond donors (Lipinski definition) is 1. The first-order valence-corrected chi connectivity index (χ1v) is 10.9. The molecule has 12 nitrogen and oxygen atoms in total. The van der Waals surface area contributed by atoms with Gasteiger partial charge >= 0.3 is 0 Å². The third kappa shape index (κ3) is 3.98. The molecule has 0 aliphatic rings. The third-order valence-corrected chi connectivity index (χ3v) is 5.84. The second-order valence-electron chi connectivity index (χ2n) is 8.12. The van der Waals surface area contributed by atoms with Crippen LogP contribution in [0.25, 0.3) is 33.9 Å². The summed E-state index contributed by atoms with van der Waals surface area (Å²) in [6.07, 6.45) is 3.00. The molecule has 0 spiro atoms. The number of hydrogen-bond acceptors (Lipinski definition) is 9. The van der Waals surface area contributed by atoms with Crippen molar-refractivity contribution in [1.29, 1.82) is 0 Å². The smallest absolute Gasteiger partial charge is 0.273 e. The number of carbonyl (C=O) groups excluding carboxylic acids is 1. The van der Waals surface area contributed by atoms with Crippen LogP contribution >= 0.6 is 0 Å². The Bertz CT molecular complexity index is 1540. The van der Waals surface area contributed by atoms with Crippen LogP contribution in [0.4, 0.5) is 0 Å². The molecule has 1 aromatic carbocycles. The van der Waals surface area contributed by atoms with Gasteiger partial charge in [-0.15, -0.1) is 0 Å². The van der Waals surface area contributed by atoms with E-state index in [4.69, 9.17) is 4.52 Å². The van der Waals surface area contributed by atoms with Gasteiger partial charge in [-0.3, -0.25) is 14.2 Å². The number of benzene rings is 1. The van der Waals surface area contributed by atoms with E-state index >= 15 is 0 Å². The number of aromatic hydroxyl groups is 1. The number of rotatable bonds is 6. The summed E-state index contributed by atoms with van der Waals surface area (Å²) in [5, 5.41) is 23.2. The zero-order valence-electron chi connectivity index (χ0n) is 19.7. The van der Waals surface area contributed by atoms with Crippen molar-refractivity contribution in [3.63, 3.8) is 0 Å². The van der Waals surface area contributed by atoms with Crippen LogP contribution in [-0.2, 0) is 20.1 Å². The van der Waals surface area contributed by atoms with Crippen LogP contribution < -0.4 is 0 Å². The summed E-state index contributed by atoms with van der Waals surface area (Å²) in [6.45, 7) is 5.10. The zero-order chi connectivity index (χ0) is 24.7. The lowest BCUT2D eigenvalue weighted by molar-refractivity contribution is 0.0781. The van der Waals surface area contributed by atoms with Crippen molar-refractivity contribution in [2.75, 3.05) is 7.05 Å². The molecule has 35 heavy (non-hydrogen) atoms. The summed E-state index contributed by atoms with van der Waals surface area (Å²) in [5.41, 5.74) is 3.66. The van der Waals surface area contributed by atoms with Crippen LogP contribution in [0.5, 0.6) is 5.75 Å². The molecule has 0 saturated carbocycles. The van der Waals surface area contributed by atoms with E-state index in [0.29, 0.717) is 34.7 Å². The topological polar surface area (TPSA) is 141 Å². The number of nitrogens with zero attached hydrogens (tertiary/aromatic N) is 9. The second kappa shape index (κ2) is 8.63. The van der Waals surface area contributed by atoms with Crippen LogP contribution in [-0.4, -0.2) is 62.6 Å². The number of amides is 1. The van der Waals surface area contributed by atoms with Crippen molar-refractivity contribution in [2.24, 2.45) is 7.05 Å². The van der Waals surface area contributed by atoms with E-state index in [0.717, 1.165) is 17.8 Å². The number of phenolic OH excluding ortho intramolecular Hbond substituents is 1. The number of aryl methyl sites for hydroxylation is 2. The Labute approximate surface area is 199 Å². The molecule has 0 unspecified atom stereocenters. The van der Waals surface area contributed by atoms with Crippen LogP contribution in [0.15, 0.2) is 41.4 Å². The highest BCUT2D eigenvalue weighted by atomic mass is 16.5. The minimum atomic E-state index is -0.317. The summed E-state index contributed by atoms with van der Waals surface area (Å²) >= 11 is 0. The first-order chi connectivity index (χ1) is 16.9. The number of fused-ring (bicyclic) bond motifs is 1. The molecule has 1 amide bonds. The maximum Gasteiger partial charge on any atom is 0.273 e. The quantitative estimate of drug-likeness (QED) is 0.394. The molecule has 0 atom stereocenters. The lowest BCUT2D eigenvalue weighted by Crippen LogP contribution is -2.27. The SMILES string of the molecule is CCn1ncc(CN(C)C(=O)c2nc(-c3cc(-c4ncon4)n(C)n3)nc3ccc(O)cc23)c1C. The van der Waals surface area contributed by atoms with Crippen molar-refractivity contribution < 1.29 is 14.4 Å². The predicted molar refractivity (Wildman–Crippen MR) is 125 cm³/mol. The molecule has 0 aliphatic carbocycles. The molecule has 5 aromatic rings. The van der Waals surface area contributed by atoms with E-state index in [-0.39, 0.29) is 23.2 Å². The Morgan fingerprint density at radius 3 is 2.74 bits per heavy atom. The predicted octanol–water partition coefficient (Wildman–Crippen LogP) is 2.58. The van der Waals surface area contributed by atoms with Gasteiger partial charge in [-0.2, -0.15) is 15.2 Å². The summed E-state index contributed by atoms with van der Waals surface area (Å²) < 4.78 is 8.31. The second-order valence-corrected chi connectivity index (χ2v) is 8.12. The molecule has 0 bridgehead atoms. The van der Waals surface area contributed by atoms with Gasteiger partial charge in [0.2, 0.25) is 12.2 Å². The zero-order valence-corrected chi connectivity index (χ0v) is 19.7. The highest BCUT2D eigenvalue weighted by Gasteiger charge is 2.23. The standard InChI is InChI=1S/C23H23N9O3/c1-5-32-13(2)14(10-25-32)11-30(3)23(34)20-16-8-15(33)6-7-17(16)26-21(27-20)18-9-19(31(4)28-18)22-24-12-35-29-22/h6-10,12,33H,5,11H2,1-4H3. The molecule has 4 heterocycles. The maximum absolute atomic E-state index is 13.6. The summed E-state index contributed by atoms with van der Waals surface area (Å²) in [7, 11) is 3.45. The van der Waals surface area contributed by atoms with Crippen molar-refractivity contribution >= 4 is 16.8 Å². The Morgan fingerprint density at radius 1 is 1.20 bits per heavy atom. The van der Waals surface area contributed by atoms with E-state index < -0.39 is 0 Å². The molecular weight excluding hydrogens is 450 g/mol. The average molecular weight is 473 g/mol. The maximum atomic E-state index is 13.6. The normalized spacial score (nSPS) is 11.3. The Balaban J connectivity index is 1.57. The number of carbonyl (C=O) groups is 1. The number of phenols is 1. The molecule has 5 rings (SSSR count). The average Bonchev–Trinajstić information content (AvgIpc) is 3.59. The molecule has 0 aliphatic heterocycles. The van der Waals surface area contributed by atoms with Crippen molar-refractivity contribution in [3.05, 3.63) is 53.8 Å². The van der Waals surface area contributed by atoms with E-state index in [2.05, 4.69) is 30.3 Å². The summed E-state index contributed by atoms with van der Waals surface area (Å²) in [5.74, 6) is 0.335. The molecule has 178 valence electrons. The van der Waals surface area contributed by atoms with E-state index in [1.54, 1.807) is 42.0 Å². The van der Waals surface area contributed by atoms with E-state index in [1.807, 2.05) is 18.5 Å². The van der Waals surface area contributed by atoms with Crippen LogP contribution in [0, 0.1) is 6.92 Å². The molecule has 4 aromatic heterocycles. The van der Waals surface area contributed by atoms with Gasteiger partial charge in [-0.05, 0) is 38.1 Å². The first kappa shape index (κ1) is 22.2. The highest BCUT2D eigenvalue weighted by Crippen LogP contribution is 2.27. The fraction of sp³-hybridized carbons (Fsp3) is 0.261. The highest BCUT2D eigenvalue weighted by molar-refractivity contribution is 6.05. The molecule has 0 radical (unpaired) electrons. The van der Waals surface area contributed by atoms with Gasteiger partial charge in [-0.1, -0.05) is 5.16 Å². The van der Waals surface area contributed by atoms with Crippen LogP contribution in [0.1, 0.15) is 28.7 Å². The van der Waals surface area contributed by atoms with Gasteiger partial charge in [0.15, 0.2) is 5.82 Å². The van der Waals surface area contributed by atoms with Crippen molar-refractivity contribution in [2.45, 2.75) is 26.9 Å². The number of aromatic nitrogens is 8. The molecule has 1 N–H and O–H groups in total. The van der Waals surface area contributed by atoms with Crippen molar-refractivity contribution in [1.82, 2.24) is 44.6 Å². The van der Waals surface area contributed by atoms with Crippen molar-refractivity contribution in [3.8, 4) is 28.8 Å². The lowest BCUT2D eigenvalue weighted by atomic mass is 10.1. The molecular formula is C23H23N9O3. The third-order valence-electron chi connectivity index (χ3n) is 5.84. The van der Waals surface area contributed by atoms with Crippen LogP contribution in [0.2, 0.25) is 0 Å². The monoisotopic (exact) mass is 473 g/mol. The molecule has 12 heteroatoms. The van der Waals surface area contributed by atoms with E-state index in [1.165, 1.54) is 18.5 Å². The summed E-state index contributed by atoms with van der Waals surface area (Å²) in [6, 6.07) is 6.38. The largest absolute Gasteiger partial charge is 0.508 e. The minimum Gasteiger partial charge on any atom is -0.508 e. The van der Waals surface area contributed by atoms with Gasteiger partial charge in [0, 0.05) is 43.8 Å². The van der Waals surface area contributed by atoms with Gasteiger partial charge in [-0.25, -0.2) is 9.97 Å². The molecule has 0 fully saturated rings. The van der Waals surface area contributed by atoms with E-state index in [9.17, 15) is 9.90 Å². The summed E-state index contributed by atoms with van der Waals surface area (Å²) in [4.78, 5) is 28.4. The lowest BCUT2D eigenvalue weighted by Gasteiger charge is -2.18. The Morgan fingerprint density at radius 2 is 2.03 bits per heavy atom. The van der Waals surface area contributed by atoms with Gasteiger partial charge in [0.25, 0.3) is 5.91 Å². The Kier molecular flexibility index (Phi) is 5.47. The molecule has 0 saturated heterocycles. The fourth-order valence-corrected chi connectivity index (χ4v) is 3.93. The van der Waals surface area contributed by atoms with Crippen LogP contribution in [0.3, 0.4) is 0 Å². The Hall–Kier alpha value is -4.61. The van der Waals surface area contributed by atoms with Gasteiger partial charge in [0.05, 0.1) is 11.7 Å². The fourth-order valence-electron chi connectivity index (χ4n) is 3.93. The first-order valence-electron chi connectivity index (χ1n) is 10.9. The minimum absolute atomic E-state index is 0.0165. The van der Waals surface area contributed by atoms with Gasteiger partial charge in [0.1, 0.15) is 22.8 Å².